The molecule has 0 saturated carbocycles. The predicted octanol–water partition coefficient (Wildman–Crippen LogP) is 3.55. The molecule has 12 heteroatoms. The minimum absolute atomic E-state index is 0.0479. The van der Waals surface area contributed by atoms with Crippen LogP contribution in [-0.4, -0.2) is 61.5 Å². The maximum Gasteiger partial charge on any atom is 0.283 e. The van der Waals surface area contributed by atoms with Gasteiger partial charge in [-0.05, 0) is 35.9 Å². The first-order valence-corrected chi connectivity index (χ1v) is 13.5. The SMILES string of the molecule is CCS(=O)(=O)C1=NSC2=NC(=O)/C(=C\c3ccc(OCCCOc4ccccc4)c(OC)c3)C(=N)N21. The number of carbonyl (C=O) groups excluding carboxylic acids is 1. The predicted molar refractivity (Wildman–Crippen MR) is 140 cm³/mol. The average molecular weight is 529 g/mol. The summed E-state index contributed by atoms with van der Waals surface area (Å²) in [5.41, 5.74) is 0.496. The zero-order valence-electron chi connectivity index (χ0n) is 19.6. The van der Waals surface area contributed by atoms with E-state index in [1.807, 2.05) is 30.3 Å². The van der Waals surface area contributed by atoms with Gasteiger partial charge in [0.1, 0.15) is 11.6 Å². The number of methoxy groups -OCH3 is 1. The van der Waals surface area contributed by atoms with Crippen molar-refractivity contribution in [3.8, 4) is 17.2 Å². The molecule has 0 aromatic heterocycles. The van der Waals surface area contributed by atoms with E-state index in [1.54, 1.807) is 18.2 Å². The van der Waals surface area contributed by atoms with E-state index in [1.165, 1.54) is 20.1 Å². The van der Waals surface area contributed by atoms with E-state index in [2.05, 4.69) is 9.39 Å². The smallest absolute Gasteiger partial charge is 0.283 e. The van der Waals surface area contributed by atoms with Gasteiger partial charge in [-0.1, -0.05) is 31.2 Å². The molecule has 0 fully saturated rings. The summed E-state index contributed by atoms with van der Waals surface area (Å²) in [6.07, 6.45) is 2.12. The molecule has 10 nitrogen and oxygen atoms in total. The fraction of sp³-hybridized carbons (Fsp3) is 0.250. The number of nitrogens with one attached hydrogen (secondary N) is 1. The van der Waals surface area contributed by atoms with Crippen LogP contribution < -0.4 is 14.2 Å². The van der Waals surface area contributed by atoms with Crippen LogP contribution in [0.15, 0.2) is 63.5 Å². The van der Waals surface area contributed by atoms with Crippen molar-refractivity contribution in [2.75, 3.05) is 26.1 Å². The third kappa shape index (κ3) is 5.44. The highest BCUT2D eigenvalue weighted by Gasteiger charge is 2.42. The lowest BCUT2D eigenvalue weighted by molar-refractivity contribution is -0.114. The Morgan fingerprint density at radius 2 is 1.83 bits per heavy atom. The van der Waals surface area contributed by atoms with Crippen LogP contribution in [-0.2, 0) is 14.6 Å². The van der Waals surface area contributed by atoms with Gasteiger partial charge in [0.25, 0.3) is 5.91 Å². The lowest BCUT2D eigenvalue weighted by Gasteiger charge is -2.24. The molecule has 0 spiro atoms. The molecule has 1 amide bonds. The number of fused-ring (bicyclic) bond motifs is 1. The topological polar surface area (TPSA) is 131 Å². The molecule has 4 rings (SSSR count). The lowest BCUT2D eigenvalue weighted by atomic mass is 10.1. The maximum absolute atomic E-state index is 12.6. The molecular formula is C24H24N4O6S2. The van der Waals surface area contributed by atoms with Crippen molar-refractivity contribution in [2.45, 2.75) is 13.3 Å². The monoisotopic (exact) mass is 528 g/mol. The number of rotatable bonds is 9. The molecular weight excluding hydrogens is 504 g/mol. The number of hydrogen-bond donors (Lipinski definition) is 1. The van der Waals surface area contributed by atoms with Crippen molar-refractivity contribution in [1.29, 1.82) is 5.41 Å². The largest absolute Gasteiger partial charge is 0.493 e. The van der Waals surface area contributed by atoms with Crippen molar-refractivity contribution < 1.29 is 27.4 Å². The van der Waals surface area contributed by atoms with Crippen molar-refractivity contribution in [1.82, 2.24) is 4.90 Å². The van der Waals surface area contributed by atoms with Crippen LogP contribution in [0.2, 0.25) is 0 Å². The Morgan fingerprint density at radius 3 is 2.56 bits per heavy atom. The number of amides is 1. The van der Waals surface area contributed by atoms with Gasteiger partial charge >= 0.3 is 0 Å². The molecule has 0 bridgehead atoms. The van der Waals surface area contributed by atoms with Gasteiger partial charge in [0.05, 0.1) is 43.6 Å². The highest BCUT2D eigenvalue weighted by molar-refractivity contribution is 8.16. The van der Waals surface area contributed by atoms with Crippen molar-refractivity contribution >= 4 is 49.9 Å². The maximum atomic E-state index is 12.6. The first-order chi connectivity index (χ1) is 17.3. The molecule has 0 aliphatic carbocycles. The van der Waals surface area contributed by atoms with Crippen LogP contribution in [0.5, 0.6) is 17.2 Å². The second kappa shape index (κ2) is 11.0. The number of hydrogen-bond acceptors (Lipinski definition) is 9. The second-order valence-corrected chi connectivity index (χ2v) is 10.5. The summed E-state index contributed by atoms with van der Waals surface area (Å²) in [6.45, 7) is 2.39. The Balaban J connectivity index is 1.45. The normalized spacial score (nSPS) is 16.5. The number of amidine groups is 3. The fourth-order valence-corrected chi connectivity index (χ4v) is 5.30. The molecule has 0 saturated heterocycles. The molecule has 2 aromatic carbocycles. The zero-order valence-corrected chi connectivity index (χ0v) is 21.3. The van der Waals surface area contributed by atoms with Crippen molar-refractivity contribution in [3.63, 3.8) is 0 Å². The Labute approximate surface area is 213 Å². The summed E-state index contributed by atoms with van der Waals surface area (Å²) in [6, 6.07) is 14.6. The number of benzene rings is 2. The molecule has 2 aliphatic heterocycles. The quantitative estimate of drug-likeness (QED) is 0.297. The Bertz CT molecular complexity index is 1370. The zero-order chi connectivity index (χ0) is 25.7. The lowest BCUT2D eigenvalue weighted by Crippen LogP contribution is -2.45. The first-order valence-electron chi connectivity index (χ1n) is 11.0. The van der Waals surface area contributed by atoms with Crippen LogP contribution in [0.25, 0.3) is 6.08 Å². The minimum atomic E-state index is -3.71. The van der Waals surface area contributed by atoms with Gasteiger partial charge in [0.2, 0.25) is 20.2 Å². The number of para-hydroxylation sites is 1. The van der Waals surface area contributed by atoms with E-state index in [9.17, 15) is 13.2 Å². The molecule has 0 atom stereocenters. The molecule has 188 valence electrons. The Morgan fingerprint density at radius 1 is 1.08 bits per heavy atom. The molecule has 0 radical (unpaired) electrons. The number of ether oxygens (including phenoxy) is 3. The molecule has 2 heterocycles. The Kier molecular flexibility index (Phi) is 7.75. The van der Waals surface area contributed by atoms with Crippen molar-refractivity contribution in [2.24, 2.45) is 9.39 Å². The van der Waals surface area contributed by atoms with Gasteiger partial charge in [-0.25, -0.2) is 13.3 Å². The summed E-state index contributed by atoms with van der Waals surface area (Å²) in [4.78, 5) is 17.6. The van der Waals surface area contributed by atoms with E-state index in [0.29, 0.717) is 36.7 Å². The van der Waals surface area contributed by atoms with E-state index in [4.69, 9.17) is 19.6 Å². The van der Waals surface area contributed by atoms with Gasteiger partial charge in [0.15, 0.2) is 11.5 Å². The third-order valence-electron chi connectivity index (χ3n) is 5.21. The molecule has 0 unspecified atom stereocenters. The highest BCUT2D eigenvalue weighted by atomic mass is 32.2. The molecule has 2 aliphatic rings. The number of carbonyl (C=O) groups is 1. The molecule has 36 heavy (non-hydrogen) atoms. The van der Waals surface area contributed by atoms with Crippen molar-refractivity contribution in [3.05, 3.63) is 59.7 Å². The van der Waals surface area contributed by atoms with Crippen LogP contribution >= 0.6 is 11.9 Å². The van der Waals surface area contributed by atoms with E-state index < -0.39 is 15.7 Å². The van der Waals surface area contributed by atoms with E-state index >= 15 is 0 Å². The summed E-state index contributed by atoms with van der Waals surface area (Å²) < 4.78 is 45.6. The van der Waals surface area contributed by atoms with Crippen LogP contribution in [0, 0.1) is 5.41 Å². The first kappa shape index (κ1) is 25.5. The van der Waals surface area contributed by atoms with Crippen LogP contribution in [0.4, 0.5) is 0 Å². The summed E-state index contributed by atoms with van der Waals surface area (Å²) in [5, 5.41) is 8.25. The van der Waals surface area contributed by atoms with E-state index in [-0.39, 0.29) is 27.5 Å². The van der Waals surface area contributed by atoms with Gasteiger partial charge in [0, 0.05) is 6.42 Å². The summed E-state index contributed by atoms with van der Waals surface area (Å²) in [5.74, 6) is 0.618. The number of nitrogens with zero attached hydrogens (tertiary/aromatic N) is 3. The average Bonchev–Trinajstić information content (AvgIpc) is 3.32. The standard InChI is InChI=1S/C24H24N4O6S2/c1-3-36(30,31)24-27-35-23-26-22(29)18(21(25)28(23)24)14-16-10-11-19(20(15-16)32-2)34-13-7-12-33-17-8-5-4-6-9-17/h4-6,8-11,14-15,25H,3,7,12-13H2,1-2H3/b18-14-,25-21?. The van der Waals surface area contributed by atoms with Gasteiger partial charge in [-0.3, -0.25) is 10.2 Å². The number of sulfone groups is 1. The van der Waals surface area contributed by atoms with Crippen LogP contribution in [0.3, 0.4) is 0 Å². The van der Waals surface area contributed by atoms with E-state index in [0.717, 1.165) is 22.6 Å². The van der Waals surface area contributed by atoms with Gasteiger partial charge < -0.3 is 14.2 Å². The summed E-state index contributed by atoms with van der Waals surface area (Å²) in [7, 11) is -2.21. The van der Waals surface area contributed by atoms with Gasteiger partial charge in [-0.15, -0.1) is 0 Å². The van der Waals surface area contributed by atoms with Crippen LogP contribution in [0.1, 0.15) is 18.9 Å². The molecule has 1 N–H and O–H groups in total. The fourth-order valence-electron chi connectivity index (χ4n) is 3.34. The van der Waals surface area contributed by atoms with Gasteiger partial charge in [-0.2, -0.15) is 9.39 Å². The molecule has 2 aromatic rings. The Hall–Kier alpha value is -3.64. The number of aliphatic imine (C=N–C) groups is 1. The highest BCUT2D eigenvalue weighted by Crippen LogP contribution is 2.32. The second-order valence-electron chi connectivity index (χ2n) is 7.58. The third-order valence-corrected chi connectivity index (χ3v) is 7.62. The summed E-state index contributed by atoms with van der Waals surface area (Å²) >= 11 is 0.761. The minimum Gasteiger partial charge on any atom is -0.493 e.